The van der Waals surface area contributed by atoms with Gasteiger partial charge in [-0.05, 0) is 0 Å². The minimum Gasteiger partial charge on any atom is -0.467 e. The van der Waals surface area contributed by atoms with E-state index < -0.39 is 0 Å². The molecule has 0 amide bonds. The summed E-state index contributed by atoms with van der Waals surface area (Å²) in [4.78, 5) is 18.7. The molecule has 2 heterocycles. The smallest absolute Gasteiger partial charge is 0.322 e. The molecule has 1 N–H and O–H groups in total. The number of anilines is 2. The molecule has 0 bridgehead atoms. The molecule has 0 aromatic carbocycles. The molecule has 0 atom stereocenters. The summed E-state index contributed by atoms with van der Waals surface area (Å²) in [6.07, 6.45) is 3.66. The van der Waals surface area contributed by atoms with Gasteiger partial charge in [0, 0.05) is 33.5 Å². The van der Waals surface area contributed by atoms with E-state index in [0.29, 0.717) is 18.4 Å². The Bertz CT molecular complexity index is 531. The van der Waals surface area contributed by atoms with Crippen molar-refractivity contribution in [2.24, 2.45) is 7.05 Å². The minimum absolute atomic E-state index is 0.279. The van der Waals surface area contributed by atoms with Crippen LogP contribution in [0.3, 0.4) is 0 Å². The van der Waals surface area contributed by atoms with Gasteiger partial charge in [0.05, 0.1) is 13.7 Å². The van der Waals surface area contributed by atoms with Crippen LogP contribution in [0, 0.1) is 0 Å². The fraction of sp³-hybridized carbons (Fsp3) is 0.455. The van der Waals surface area contributed by atoms with Crippen molar-refractivity contribution in [3.05, 3.63) is 18.2 Å². The Morgan fingerprint density at radius 1 is 1.37 bits per heavy atom. The highest BCUT2D eigenvalue weighted by molar-refractivity contribution is 5.37. The molecule has 0 aliphatic rings. The lowest BCUT2D eigenvalue weighted by Gasteiger charge is -2.17. The Balaban J connectivity index is 2.23. The molecule has 0 saturated heterocycles. The van der Waals surface area contributed by atoms with E-state index in [-0.39, 0.29) is 6.01 Å². The molecule has 0 fully saturated rings. The average molecular weight is 263 g/mol. The first kappa shape index (κ1) is 13.1. The Kier molecular flexibility index (Phi) is 3.79. The average Bonchev–Trinajstić information content (AvgIpc) is 2.83. The van der Waals surface area contributed by atoms with Crippen molar-refractivity contribution in [2.45, 2.75) is 6.54 Å². The van der Waals surface area contributed by atoms with Gasteiger partial charge in [0.2, 0.25) is 11.9 Å². The third-order valence-corrected chi connectivity index (χ3v) is 2.65. The second-order valence-corrected chi connectivity index (χ2v) is 4.01. The molecular formula is C11H17N7O. The number of ether oxygens (including phenoxy) is 1. The van der Waals surface area contributed by atoms with Crippen molar-refractivity contribution in [3.63, 3.8) is 0 Å². The van der Waals surface area contributed by atoms with Gasteiger partial charge < -0.3 is 19.5 Å². The van der Waals surface area contributed by atoms with Gasteiger partial charge in [-0.15, -0.1) is 0 Å². The number of rotatable bonds is 5. The molecule has 8 heteroatoms. The summed E-state index contributed by atoms with van der Waals surface area (Å²) in [7, 11) is 7.11. The van der Waals surface area contributed by atoms with Crippen LogP contribution >= 0.6 is 0 Å². The standard InChI is InChI=1S/C11H17N7O/c1-12-9-14-10(16-11(15-9)19-4)18(3)7-8-13-5-6-17(8)2/h5-6H,7H2,1-4H3,(H,12,14,15,16). The summed E-state index contributed by atoms with van der Waals surface area (Å²) in [5.74, 6) is 1.92. The maximum absolute atomic E-state index is 5.06. The van der Waals surface area contributed by atoms with E-state index in [1.54, 1.807) is 13.2 Å². The van der Waals surface area contributed by atoms with Crippen molar-refractivity contribution in [1.29, 1.82) is 0 Å². The Morgan fingerprint density at radius 3 is 2.74 bits per heavy atom. The maximum Gasteiger partial charge on any atom is 0.322 e. The molecule has 0 unspecified atom stereocenters. The normalized spacial score (nSPS) is 10.3. The highest BCUT2D eigenvalue weighted by atomic mass is 16.5. The van der Waals surface area contributed by atoms with Crippen LogP contribution < -0.4 is 15.0 Å². The zero-order valence-electron chi connectivity index (χ0n) is 11.5. The molecule has 0 spiro atoms. The molecule has 0 saturated carbocycles. The van der Waals surface area contributed by atoms with Crippen molar-refractivity contribution in [1.82, 2.24) is 24.5 Å². The second-order valence-electron chi connectivity index (χ2n) is 4.01. The lowest BCUT2D eigenvalue weighted by atomic mass is 10.5. The third-order valence-electron chi connectivity index (χ3n) is 2.65. The van der Waals surface area contributed by atoms with Gasteiger partial charge in [0.15, 0.2) is 0 Å². The first-order valence-electron chi connectivity index (χ1n) is 5.79. The van der Waals surface area contributed by atoms with Crippen molar-refractivity contribution in [2.75, 3.05) is 31.4 Å². The number of aromatic nitrogens is 5. The largest absolute Gasteiger partial charge is 0.467 e. The van der Waals surface area contributed by atoms with Crippen LogP contribution in [0.25, 0.3) is 0 Å². The maximum atomic E-state index is 5.06. The number of imidazole rings is 1. The first-order chi connectivity index (χ1) is 9.13. The van der Waals surface area contributed by atoms with Crippen LogP contribution in [0.4, 0.5) is 11.9 Å². The van der Waals surface area contributed by atoms with Gasteiger partial charge in [-0.2, -0.15) is 15.0 Å². The summed E-state index contributed by atoms with van der Waals surface area (Å²) in [5.41, 5.74) is 0. The quantitative estimate of drug-likeness (QED) is 0.830. The van der Waals surface area contributed by atoms with Crippen molar-refractivity contribution in [3.8, 4) is 6.01 Å². The highest BCUT2D eigenvalue weighted by Gasteiger charge is 2.12. The van der Waals surface area contributed by atoms with E-state index in [0.717, 1.165) is 5.82 Å². The predicted octanol–water partition coefficient (Wildman–Crippen LogP) is 0.292. The van der Waals surface area contributed by atoms with Crippen LogP contribution in [-0.2, 0) is 13.6 Å². The summed E-state index contributed by atoms with van der Waals surface area (Å²) in [6, 6.07) is 0.279. The SMILES string of the molecule is CNc1nc(OC)nc(N(C)Cc2nccn2C)n1. The molecular weight excluding hydrogens is 246 g/mol. The lowest BCUT2D eigenvalue weighted by molar-refractivity contribution is 0.379. The van der Waals surface area contributed by atoms with E-state index in [1.165, 1.54) is 7.11 Å². The second kappa shape index (κ2) is 5.51. The van der Waals surface area contributed by atoms with Gasteiger partial charge in [-0.25, -0.2) is 4.98 Å². The number of aryl methyl sites for hydroxylation is 1. The zero-order chi connectivity index (χ0) is 13.8. The molecule has 0 aliphatic carbocycles. The summed E-state index contributed by atoms with van der Waals surface area (Å²) in [6.45, 7) is 0.597. The van der Waals surface area contributed by atoms with Crippen LogP contribution in [0.15, 0.2) is 12.4 Å². The van der Waals surface area contributed by atoms with Gasteiger partial charge >= 0.3 is 6.01 Å². The Labute approximate surface area is 111 Å². The summed E-state index contributed by atoms with van der Waals surface area (Å²) in [5, 5.41) is 2.88. The lowest BCUT2D eigenvalue weighted by Crippen LogP contribution is -2.22. The monoisotopic (exact) mass is 263 g/mol. The molecule has 2 aromatic heterocycles. The summed E-state index contributed by atoms with van der Waals surface area (Å²) >= 11 is 0. The van der Waals surface area contributed by atoms with Gasteiger partial charge in [0.1, 0.15) is 5.82 Å². The van der Waals surface area contributed by atoms with Crippen LogP contribution in [0.2, 0.25) is 0 Å². The van der Waals surface area contributed by atoms with E-state index in [1.807, 2.05) is 29.8 Å². The van der Waals surface area contributed by atoms with Crippen LogP contribution in [0.5, 0.6) is 6.01 Å². The number of nitrogens with one attached hydrogen (secondary N) is 1. The molecule has 0 aliphatic heterocycles. The van der Waals surface area contributed by atoms with Crippen molar-refractivity contribution >= 4 is 11.9 Å². The molecule has 19 heavy (non-hydrogen) atoms. The zero-order valence-corrected chi connectivity index (χ0v) is 11.5. The predicted molar refractivity (Wildman–Crippen MR) is 71.2 cm³/mol. The van der Waals surface area contributed by atoms with Crippen LogP contribution in [-0.4, -0.2) is 45.7 Å². The summed E-state index contributed by atoms with van der Waals surface area (Å²) < 4.78 is 7.01. The molecule has 2 aromatic rings. The van der Waals surface area contributed by atoms with Gasteiger partial charge in [-0.1, -0.05) is 0 Å². The van der Waals surface area contributed by atoms with Crippen LogP contribution in [0.1, 0.15) is 5.82 Å². The van der Waals surface area contributed by atoms with Crippen molar-refractivity contribution < 1.29 is 4.74 Å². The Morgan fingerprint density at radius 2 is 2.16 bits per heavy atom. The van der Waals surface area contributed by atoms with E-state index >= 15 is 0 Å². The number of nitrogens with zero attached hydrogens (tertiary/aromatic N) is 6. The fourth-order valence-electron chi connectivity index (χ4n) is 1.55. The number of hydrogen-bond acceptors (Lipinski definition) is 7. The highest BCUT2D eigenvalue weighted by Crippen LogP contribution is 2.14. The van der Waals surface area contributed by atoms with E-state index in [9.17, 15) is 0 Å². The minimum atomic E-state index is 0.279. The van der Waals surface area contributed by atoms with E-state index in [2.05, 4.69) is 25.3 Å². The molecule has 8 nitrogen and oxygen atoms in total. The molecule has 0 radical (unpaired) electrons. The topological polar surface area (TPSA) is 81.0 Å². The molecule has 102 valence electrons. The van der Waals surface area contributed by atoms with E-state index in [4.69, 9.17) is 4.74 Å². The fourth-order valence-corrected chi connectivity index (χ4v) is 1.55. The van der Waals surface area contributed by atoms with Gasteiger partial charge in [-0.3, -0.25) is 0 Å². The molecule has 2 rings (SSSR count). The number of hydrogen-bond donors (Lipinski definition) is 1. The number of methoxy groups -OCH3 is 1. The Hall–Kier alpha value is -2.38. The third kappa shape index (κ3) is 2.90. The first-order valence-corrected chi connectivity index (χ1v) is 5.79. The van der Waals surface area contributed by atoms with Gasteiger partial charge in [0.25, 0.3) is 0 Å².